The summed E-state index contributed by atoms with van der Waals surface area (Å²) in [5, 5.41) is 11.8. The van der Waals surface area contributed by atoms with E-state index < -0.39 is 11.8 Å². The zero-order valence-corrected chi connectivity index (χ0v) is 12.1. The smallest absolute Gasteiger partial charge is 0.342 e. The molecule has 1 heterocycles. The standard InChI is InChI=1S/C16H16O5/c1-16(20-3)8-11-12(15(18)19-2)13(17)9-6-4-5-7-10(9)14(11)21-16/h4-7,17H,8H2,1-3H3. The molecule has 1 aliphatic heterocycles. The molecule has 3 rings (SSSR count). The SMILES string of the molecule is COC(=O)c1c2c(c3ccccc3c1O)OC(C)(OC)C2. The largest absolute Gasteiger partial charge is 0.506 e. The van der Waals surface area contributed by atoms with Crippen LogP contribution in [0.5, 0.6) is 11.5 Å². The summed E-state index contributed by atoms with van der Waals surface area (Å²) in [6.45, 7) is 1.79. The van der Waals surface area contributed by atoms with Crippen molar-refractivity contribution >= 4 is 16.7 Å². The lowest BCUT2D eigenvalue weighted by atomic mass is 9.95. The van der Waals surface area contributed by atoms with E-state index in [-0.39, 0.29) is 11.3 Å². The fourth-order valence-electron chi connectivity index (χ4n) is 2.74. The average molecular weight is 288 g/mol. The molecule has 0 fully saturated rings. The zero-order chi connectivity index (χ0) is 15.2. The number of fused-ring (bicyclic) bond motifs is 3. The van der Waals surface area contributed by atoms with Crippen LogP contribution in [0.4, 0.5) is 0 Å². The highest BCUT2D eigenvalue weighted by atomic mass is 16.7. The Morgan fingerprint density at radius 1 is 1.29 bits per heavy atom. The predicted octanol–water partition coefficient (Wildman–Crippen LogP) is 2.63. The van der Waals surface area contributed by atoms with Gasteiger partial charge in [0.05, 0.1) is 7.11 Å². The minimum absolute atomic E-state index is 0.0832. The molecule has 1 atom stereocenters. The minimum Gasteiger partial charge on any atom is -0.506 e. The predicted molar refractivity (Wildman–Crippen MR) is 76.7 cm³/mol. The normalized spacial score (nSPS) is 20.1. The van der Waals surface area contributed by atoms with Gasteiger partial charge in [0.2, 0.25) is 5.79 Å². The first-order valence-electron chi connectivity index (χ1n) is 6.60. The summed E-state index contributed by atoms with van der Waals surface area (Å²) < 4.78 is 16.1. The van der Waals surface area contributed by atoms with Gasteiger partial charge in [0.15, 0.2) is 0 Å². The first-order chi connectivity index (χ1) is 10.0. The Morgan fingerprint density at radius 2 is 1.95 bits per heavy atom. The fourth-order valence-corrected chi connectivity index (χ4v) is 2.74. The second-order valence-corrected chi connectivity index (χ2v) is 5.19. The third-order valence-corrected chi connectivity index (χ3v) is 3.88. The van der Waals surface area contributed by atoms with E-state index in [0.717, 1.165) is 5.39 Å². The first-order valence-corrected chi connectivity index (χ1v) is 6.60. The van der Waals surface area contributed by atoms with Gasteiger partial charge in [-0.05, 0) is 0 Å². The lowest BCUT2D eigenvalue weighted by Crippen LogP contribution is -2.32. The minimum atomic E-state index is -0.859. The summed E-state index contributed by atoms with van der Waals surface area (Å²) in [6.07, 6.45) is 0.363. The van der Waals surface area contributed by atoms with Crippen LogP contribution >= 0.6 is 0 Å². The van der Waals surface area contributed by atoms with Crippen molar-refractivity contribution in [1.82, 2.24) is 0 Å². The number of rotatable bonds is 2. The number of carbonyl (C=O) groups is 1. The fraction of sp³-hybridized carbons (Fsp3) is 0.312. The van der Waals surface area contributed by atoms with Crippen LogP contribution in [0, 0.1) is 0 Å². The summed E-state index contributed by atoms with van der Waals surface area (Å²) >= 11 is 0. The molecule has 0 spiro atoms. The Kier molecular flexibility index (Phi) is 3.02. The molecule has 0 saturated carbocycles. The van der Waals surface area contributed by atoms with Gasteiger partial charge in [-0.1, -0.05) is 24.3 Å². The van der Waals surface area contributed by atoms with E-state index in [1.807, 2.05) is 12.1 Å². The van der Waals surface area contributed by atoms with Gasteiger partial charge in [0.1, 0.15) is 17.1 Å². The van der Waals surface area contributed by atoms with Crippen LogP contribution in [0.2, 0.25) is 0 Å². The second kappa shape index (κ2) is 4.63. The molecule has 5 heteroatoms. The van der Waals surface area contributed by atoms with Crippen LogP contribution in [0.25, 0.3) is 10.8 Å². The monoisotopic (exact) mass is 288 g/mol. The van der Waals surface area contributed by atoms with Crippen LogP contribution in [0.1, 0.15) is 22.8 Å². The number of methoxy groups -OCH3 is 2. The lowest BCUT2D eigenvalue weighted by molar-refractivity contribution is -0.133. The number of hydrogen-bond donors (Lipinski definition) is 1. The third-order valence-electron chi connectivity index (χ3n) is 3.88. The molecule has 5 nitrogen and oxygen atoms in total. The third kappa shape index (κ3) is 1.93. The van der Waals surface area contributed by atoms with Crippen molar-refractivity contribution in [2.24, 2.45) is 0 Å². The quantitative estimate of drug-likeness (QED) is 0.861. The molecule has 1 aliphatic rings. The highest BCUT2D eigenvalue weighted by Crippen LogP contribution is 2.47. The molecule has 2 aromatic rings. The number of phenolic OH excluding ortho intramolecular Hbond substituents is 1. The van der Waals surface area contributed by atoms with Gasteiger partial charge in [-0.3, -0.25) is 0 Å². The molecule has 0 bridgehead atoms. The number of ether oxygens (including phenoxy) is 3. The number of carbonyl (C=O) groups excluding carboxylic acids is 1. The van der Waals surface area contributed by atoms with Crippen molar-refractivity contribution in [3.63, 3.8) is 0 Å². The van der Waals surface area contributed by atoms with Crippen LogP contribution in [-0.2, 0) is 15.9 Å². The molecule has 0 amide bonds. The van der Waals surface area contributed by atoms with Gasteiger partial charge in [-0.2, -0.15) is 0 Å². The maximum absolute atomic E-state index is 12.1. The van der Waals surface area contributed by atoms with Crippen molar-refractivity contribution in [3.05, 3.63) is 35.4 Å². The Morgan fingerprint density at radius 3 is 2.57 bits per heavy atom. The molecule has 1 unspecified atom stereocenters. The van der Waals surface area contributed by atoms with Crippen LogP contribution in [0.3, 0.4) is 0 Å². The van der Waals surface area contributed by atoms with Crippen LogP contribution in [0.15, 0.2) is 24.3 Å². The number of hydrogen-bond acceptors (Lipinski definition) is 5. The highest BCUT2D eigenvalue weighted by Gasteiger charge is 2.40. The van der Waals surface area contributed by atoms with Crippen molar-refractivity contribution in [1.29, 1.82) is 0 Å². The Labute approximate surface area is 122 Å². The van der Waals surface area contributed by atoms with Crippen molar-refractivity contribution in [2.45, 2.75) is 19.1 Å². The Hall–Kier alpha value is -2.27. The second-order valence-electron chi connectivity index (χ2n) is 5.19. The van der Waals surface area contributed by atoms with Gasteiger partial charge in [0.25, 0.3) is 0 Å². The molecular weight excluding hydrogens is 272 g/mol. The molecule has 110 valence electrons. The summed E-state index contributed by atoms with van der Waals surface area (Å²) in [7, 11) is 2.83. The molecule has 2 aromatic carbocycles. The Bertz CT molecular complexity index is 737. The van der Waals surface area contributed by atoms with Gasteiger partial charge < -0.3 is 19.3 Å². The van der Waals surface area contributed by atoms with Crippen LogP contribution in [-0.4, -0.2) is 31.1 Å². The van der Waals surface area contributed by atoms with Gasteiger partial charge >= 0.3 is 5.97 Å². The Balaban J connectivity index is 2.37. The zero-order valence-electron chi connectivity index (χ0n) is 12.1. The van der Waals surface area contributed by atoms with E-state index >= 15 is 0 Å². The number of benzene rings is 2. The summed E-state index contributed by atoms with van der Waals surface area (Å²) in [5.74, 6) is -0.964. The number of aromatic hydroxyl groups is 1. The van der Waals surface area contributed by atoms with Crippen molar-refractivity contribution < 1.29 is 24.1 Å². The van der Waals surface area contributed by atoms with E-state index in [9.17, 15) is 9.90 Å². The van der Waals surface area contributed by atoms with Crippen molar-refractivity contribution in [3.8, 4) is 11.5 Å². The van der Waals surface area contributed by atoms with E-state index in [0.29, 0.717) is 23.1 Å². The van der Waals surface area contributed by atoms with Gasteiger partial charge in [-0.15, -0.1) is 0 Å². The molecule has 0 aromatic heterocycles. The summed E-state index contributed by atoms with van der Waals surface area (Å²) in [6, 6.07) is 7.23. The van der Waals surface area contributed by atoms with E-state index in [1.165, 1.54) is 7.11 Å². The van der Waals surface area contributed by atoms with Gasteiger partial charge in [0, 0.05) is 36.8 Å². The van der Waals surface area contributed by atoms with E-state index in [2.05, 4.69) is 0 Å². The first kappa shape index (κ1) is 13.7. The van der Waals surface area contributed by atoms with E-state index in [1.54, 1.807) is 26.2 Å². The maximum Gasteiger partial charge on any atom is 0.342 e. The van der Waals surface area contributed by atoms with Crippen molar-refractivity contribution in [2.75, 3.05) is 14.2 Å². The molecule has 0 aliphatic carbocycles. The molecular formula is C16H16O5. The maximum atomic E-state index is 12.1. The van der Waals surface area contributed by atoms with Crippen LogP contribution < -0.4 is 4.74 Å². The molecule has 0 saturated heterocycles. The highest BCUT2D eigenvalue weighted by molar-refractivity contribution is 6.06. The molecule has 1 N–H and O–H groups in total. The number of esters is 1. The lowest BCUT2D eigenvalue weighted by Gasteiger charge is -2.21. The van der Waals surface area contributed by atoms with E-state index in [4.69, 9.17) is 14.2 Å². The average Bonchev–Trinajstić information content (AvgIpc) is 2.85. The number of phenols is 1. The summed E-state index contributed by atoms with van der Waals surface area (Å²) in [5.41, 5.74) is 0.759. The van der Waals surface area contributed by atoms with Gasteiger partial charge in [-0.25, -0.2) is 4.79 Å². The summed E-state index contributed by atoms with van der Waals surface area (Å²) in [4.78, 5) is 12.1. The molecule has 0 radical (unpaired) electrons. The topological polar surface area (TPSA) is 65.0 Å². The molecule has 21 heavy (non-hydrogen) atoms.